The van der Waals surface area contributed by atoms with Crippen LogP contribution in [0.3, 0.4) is 0 Å². The zero-order valence-corrected chi connectivity index (χ0v) is 16.0. The van der Waals surface area contributed by atoms with E-state index in [1.54, 1.807) is 6.08 Å². The van der Waals surface area contributed by atoms with Crippen LogP contribution < -0.4 is 5.32 Å². The van der Waals surface area contributed by atoms with Crippen LogP contribution in [0.4, 0.5) is 4.39 Å². The van der Waals surface area contributed by atoms with E-state index in [0.717, 1.165) is 47.6 Å². The number of hydrogen-bond donors (Lipinski definition) is 1. The zero-order chi connectivity index (χ0) is 19.0. The van der Waals surface area contributed by atoms with Gasteiger partial charge in [0.05, 0.1) is 0 Å². The summed E-state index contributed by atoms with van der Waals surface area (Å²) >= 11 is 0. The molecule has 0 bridgehead atoms. The van der Waals surface area contributed by atoms with Gasteiger partial charge in [-0.3, -0.25) is 0 Å². The lowest BCUT2D eigenvalue weighted by atomic mass is 9.94. The SMILES string of the molecule is C=C/C=C1/NC(C(=C)C)N=C(C(=C)CCC2=CC(C)=C(F)C3CC23)N1C. The van der Waals surface area contributed by atoms with Crippen molar-refractivity contribution in [3.05, 3.63) is 71.9 Å². The molecule has 0 radical (unpaired) electrons. The van der Waals surface area contributed by atoms with E-state index in [4.69, 9.17) is 4.99 Å². The molecule has 3 nitrogen and oxygen atoms in total. The summed E-state index contributed by atoms with van der Waals surface area (Å²) in [5, 5.41) is 3.35. The average molecular weight is 353 g/mol. The summed E-state index contributed by atoms with van der Waals surface area (Å²) < 4.78 is 13.9. The molecule has 1 saturated carbocycles. The lowest BCUT2D eigenvalue weighted by Crippen LogP contribution is -2.45. The molecule has 26 heavy (non-hydrogen) atoms. The van der Waals surface area contributed by atoms with Gasteiger partial charge in [0.2, 0.25) is 0 Å². The molecule has 138 valence electrons. The van der Waals surface area contributed by atoms with Crippen molar-refractivity contribution in [2.75, 3.05) is 7.05 Å². The molecular formula is C22H28FN3. The first-order valence-electron chi connectivity index (χ1n) is 9.14. The fraction of sp³-hybridized carbons (Fsp3) is 0.409. The molecule has 0 amide bonds. The van der Waals surface area contributed by atoms with Crippen molar-refractivity contribution >= 4 is 5.84 Å². The van der Waals surface area contributed by atoms with Gasteiger partial charge in [-0.05, 0) is 61.8 Å². The van der Waals surface area contributed by atoms with Gasteiger partial charge in [-0.15, -0.1) is 0 Å². The number of likely N-dealkylation sites (N-methyl/N-ethyl adjacent to an activating group) is 1. The van der Waals surface area contributed by atoms with Gasteiger partial charge in [-0.25, -0.2) is 9.38 Å². The fourth-order valence-corrected chi connectivity index (χ4v) is 3.72. The quantitative estimate of drug-likeness (QED) is 0.680. The van der Waals surface area contributed by atoms with Crippen LogP contribution in [0.5, 0.6) is 0 Å². The average Bonchev–Trinajstić information content (AvgIpc) is 3.39. The summed E-state index contributed by atoms with van der Waals surface area (Å²) in [5.74, 6) is 2.42. The van der Waals surface area contributed by atoms with Crippen molar-refractivity contribution in [2.24, 2.45) is 16.8 Å². The number of fused-ring (bicyclic) bond motifs is 1. The molecule has 1 heterocycles. The Balaban J connectivity index is 1.74. The number of allylic oxidation sites excluding steroid dienone is 6. The van der Waals surface area contributed by atoms with Crippen LogP contribution in [-0.4, -0.2) is 23.9 Å². The van der Waals surface area contributed by atoms with Crippen LogP contribution in [0.25, 0.3) is 0 Å². The first-order chi connectivity index (χ1) is 12.3. The van der Waals surface area contributed by atoms with Crippen molar-refractivity contribution in [3.8, 4) is 0 Å². The molecule has 4 heteroatoms. The topological polar surface area (TPSA) is 27.6 Å². The molecule has 1 fully saturated rings. The maximum Gasteiger partial charge on any atom is 0.143 e. The minimum Gasteiger partial charge on any atom is -0.346 e. The molecule has 0 saturated heterocycles. The normalized spacial score (nSPS) is 28.8. The molecule has 0 aromatic rings. The molecule has 3 rings (SSSR count). The number of amidine groups is 1. The molecule has 1 N–H and O–H groups in total. The van der Waals surface area contributed by atoms with Gasteiger partial charge < -0.3 is 10.2 Å². The second kappa shape index (κ2) is 7.10. The Kier molecular flexibility index (Phi) is 5.03. The lowest BCUT2D eigenvalue weighted by molar-refractivity contribution is 0.473. The second-order valence-corrected chi connectivity index (χ2v) is 7.50. The first-order valence-corrected chi connectivity index (χ1v) is 9.14. The lowest BCUT2D eigenvalue weighted by Gasteiger charge is -2.34. The summed E-state index contributed by atoms with van der Waals surface area (Å²) in [7, 11) is 1.97. The van der Waals surface area contributed by atoms with Crippen molar-refractivity contribution < 1.29 is 4.39 Å². The Morgan fingerprint density at radius 3 is 2.81 bits per heavy atom. The van der Waals surface area contributed by atoms with E-state index in [-0.39, 0.29) is 17.9 Å². The highest BCUT2D eigenvalue weighted by Crippen LogP contribution is 2.54. The molecule has 0 spiro atoms. The predicted molar refractivity (Wildman–Crippen MR) is 107 cm³/mol. The summed E-state index contributed by atoms with van der Waals surface area (Å²) in [6.07, 6.45) is 8.23. The van der Waals surface area contributed by atoms with Crippen molar-refractivity contribution in [1.82, 2.24) is 10.2 Å². The molecule has 0 aromatic carbocycles. The molecule has 3 atom stereocenters. The van der Waals surface area contributed by atoms with E-state index in [1.807, 2.05) is 37.9 Å². The van der Waals surface area contributed by atoms with Crippen molar-refractivity contribution in [1.29, 1.82) is 0 Å². The number of hydrogen-bond acceptors (Lipinski definition) is 3. The van der Waals surface area contributed by atoms with Gasteiger partial charge in [0.25, 0.3) is 0 Å². The summed E-state index contributed by atoms with van der Waals surface area (Å²) in [6.45, 7) is 15.9. The molecule has 2 aliphatic carbocycles. The molecule has 3 unspecified atom stereocenters. The number of nitrogens with zero attached hydrogens (tertiary/aromatic N) is 2. The van der Waals surface area contributed by atoms with Crippen LogP contribution in [-0.2, 0) is 0 Å². The van der Waals surface area contributed by atoms with Crippen LogP contribution in [0.2, 0.25) is 0 Å². The van der Waals surface area contributed by atoms with Crippen LogP contribution in [0.15, 0.2) is 76.9 Å². The van der Waals surface area contributed by atoms with E-state index in [9.17, 15) is 4.39 Å². The fourth-order valence-electron chi connectivity index (χ4n) is 3.72. The molecule has 3 aliphatic rings. The van der Waals surface area contributed by atoms with E-state index in [2.05, 4.69) is 25.1 Å². The van der Waals surface area contributed by atoms with E-state index in [0.29, 0.717) is 5.92 Å². The smallest absolute Gasteiger partial charge is 0.143 e. The summed E-state index contributed by atoms with van der Waals surface area (Å²) in [5.41, 5.74) is 4.08. The van der Waals surface area contributed by atoms with Gasteiger partial charge in [0.1, 0.15) is 23.6 Å². The Morgan fingerprint density at radius 1 is 1.42 bits per heavy atom. The third-order valence-electron chi connectivity index (χ3n) is 5.36. The van der Waals surface area contributed by atoms with E-state index >= 15 is 0 Å². The predicted octanol–water partition coefficient (Wildman–Crippen LogP) is 5.01. The molecular weight excluding hydrogens is 325 g/mol. The van der Waals surface area contributed by atoms with Crippen LogP contribution >= 0.6 is 0 Å². The Labute approximate surface area is 156 Å². The third-order valence-corrected chi connectivity index (χ3v) is 5.36. The Hall–Kier alpha value is -2.36. The minimum atomic E-state index is -0.162. The number of rotatable bonds is 6. The maximum atomic E-state index is 13.9. The standard InChI is InChI=1S/C22H28FN3/c1-7-8-19-24-21(13(2)3)25-22(26(19)6)14(4)9-10-16-11-15(5)20(23)18-12-17(16)18/h7-8,11,17-18,21,24H,1-2,4,9-10,12H2,3,5-6H3/b19-8-. The number of nitrogens with one attached hydrogen (secondary N) is 1. The van der Waals surface area contributed by atoms with E-state index in [1.165, 1.54) is 5.57 Å². The summed E-state index contributed by atoms with van der Waals surface area (Å²) in [4.78, 5) is 6.79. The summed E-state index contributed by atoms with van der Waals surface area (Å²) in [6, 6.07) is 0. The van der Waals surface area contributed by atoms with Gasteiger partial charge in [-0.2, -0.15) is 0 Å². The van der Waals surface area contributed by atoms with Gasteiger partial charge in [-0.1, -0.05) is 37.5 Å². The zero-order valence-electron chi connectivity index (χ0n) is 16.0. The molecule has 0 aromatic heterocycles. The van der Waals surface area contributed by atoms with E-state index < -0.39 is 0 Å². The maximum absolute atomic E-state index is 13.9. The highest BCUT2D eigenvalue weighted by Gasteiger charge is 2.45. The Bertz CT molecular complexity index is 781. The van der Waals surface area contributed by atoms with Crippen LogP contribution in [0, 0.1) is 11.8 Å². The van der Waals surface area contributed by atoms with Gasteiger partial charge >= 0.3 is 0 Å². The number of aliphatic imine (C=N–C) groups is 1. The Morgan fingerprint density at radius 2 is 2.15 bits per heavy atom. The molecule has 1 aliphatic heterocycles. The second-order valence-electron chi connectivity index (χ2n) is 7.50. The third kappa shape index (κ3) is 3.46. The van der Waals surface area contributed by atoms with Gasteiger partial charge in [0.15, 0.2) is 0 Å². The highest BCUT2D eigenvalue weighted by molar-refractivity contribution is 5.99. The van der Waals surface area contributed by atoms with Gasteiger partial charge in [0, 0.05) is 13.0 Å². The van der Waals surface area contributed by atoms with Crippen molar-refractivity contribution in [2.45, 2.75) is 39.3 Å². The largest absolute Gasteiger partial charge is 0.346 e. The van der Waals surface area contributed by atoms with Crippen molar-refractivity contribution in [3.63, 3.8) is 0 Å². The monoisotopic (exact) mass is 353 g/mol. The minimum absolute atomic E-state index is 0.0866. The number of halogens is 1. The highest BCUT2D eigenvalue weighted by atomic mass is 19.1. The first kappa shape index (κ1) is 18.4. The van der Waals surface area contributed by atoms with Crippen LogP contribution in [0.1, 0.15) is 33.1 Å².